The van der Waals surface area contributed by atoms with Crippen LogP contribution in [0.15, 0.2) is 4.52 Å². The van der Waals surface area contributed by atoms with Gasteiger partial charge < -0.3 is 19.5 Å². The normalized spacial score (nSPS) is 22.6. The van der Waals surface area contributed by atoms with E-state index < -0.39 is 0 Å². The summed E-state index contributed by atoms with van der Waals surface area (Å²) in [6.45, 7) is 3.21. The Hall–Kier alpha value is -1.67. The van der Waals surface area contributed by atoms with Crippen LogP contribution in [0.4, 0.5) is 5.95 Å². The molecule has 3 rings (SSSR count). The van der Waals surface area contributed by atoms with Gasteiger partial charge in [-0.3, -0.25) is 9.69 Å². The van der Waals surface area contributed by atoms with E-state index in [0.717, 1.165) is 19.0 Å². The number of morpholine rings is 1. The number of anilines is 1. The summed E-state index contributed by atoms with van der Waals surface area (Å²) in [4.78, 5) is 20.7. The van der Waals surface area contributed by atoms with Crippen molar-refractivity contribution in [2.24, 2.45) is 5.92 Å². The van der Waals surface area contributed by atoms with Crippen molar-refractivity contribution in [3.8, 4) is 0 Å². The predicted octanol–water partition coefficient (Wildman–Crippen LogP) is 0.253. The molecule has 2 aliphatic rings. The van der Waals surface area contributed by atoms with E-state index in [1.165, 1.54) is 19.3 Å². The molecular weight excluding hydrogens is 298 g/mol. The van der Waals surface area contributed by atoms with Crippen molar-refractivity contribution in [1.82, 2.24) is 20.4 Å². The second kappa shape index (κ2) is 7.27. The van der Waals surface area contributed by atoms with Gasteiger partial charge in [-0.15, -0.1) is 0 Å². The van der Waals surface area contributed by atoms with Crippen molar-refractivity contribution in [3.63, 3.8) is 0 Å². The van der Waals surface area contributed by atoms with Crippen LogP contribution in [-0.2, 0) is 16.1 Å². The Kier molecular flexibility index (Phi) is 5.12. The molecule has 2 fully saturated rings. The summed E-state index contributed by atoms with van der Waals surface area (Å²) in [7, 11) is 3.68. The highest BCUT2D eigenvalue weighted by atomic mass is 16.5. The summed E-state index contributed by atoms with van der Waals surface area (Å²) in [5.74, 6) is 1.61. The number of carbonyl (C=O) groups is 1. The number of hydrogen-bond acceptors (Lipinski definition) is 7. The van der Waals surface area contributed by atoms with Gasteiger partial charge in [0.25, 0.3) is 5.95 Å². The summed E-state index contributed by atoms with van der Waals surface area (Å²) in [6.07, 6.45) is 3.87. The van der Waals surface area contributed by atoms with Gasteiger partial charge in [0.05, 0.1) is 19.8 Å². The first-order valence-corrected chi connectivity index (χ1v) is 8.23. The van der Waals surface area contributed by atoms with Crippen LogP contribution in [0.2, 0.25) is 0 Å². The number of ether oxygens (including phenoxy) is 1. The molecule has 2 heterocycles. The molecule has 1 saturated heterocycles. The molecule has 1 N–H and O–H groups in total. The van der Waals surface area contributed by atoms with Crippen molar-refractivity contribution >= 4 is 11.9 Å². The predicted molar refractivity (Wildman–Crippen MR) is 84.0 cm³/mol. The minimum Gasteiger partial charge on any atom is -0.378 e. The van der Waals surface area contributed by atoms with Crippen LogP contribution in [-0.4, -0.2) is 67.4 Å². The molecule has 0 radical (unpaired) electrons. The highest BCUT2D eigenvalue weighted by Gasteiger charge is 2.32. The Bertz CT molecular complexity index is 529. The number of hydrogen-bond donors (Lipinski definition) is 1. The van der Waals surface area contributed by atoms with Gasteiger partial charge in [-0.25, -0.2) is 0 Å². The van der Waals surface area contributed by atoms with Crippen LogP contribution in [0.25, 0.3) is 0 Å². The molecule has 1 aliphatic heterocycles. The lowest BCUT2D eigenvalue weighted by molar-refractivity contribution is -0.133. The molecule has 1 atom stereocenters. The minimum absolute atomic E-state index is 0.0337. The molecule has 1 amide bonds. The van der Waals surface area contributed by atoms with E-state index >= 15 is 0 Å². The molecule has 1 unspecified atom stereocenters. The van der Waals surface area contributed by atoms with Crippen molar-refractivity contribution < 1.29 is 14.1 Å². The van der Waals surface area contributed by atoms with Crippen molar-refractivity contribution in [1.29, 1.82) is 0 Å². The third kappa shape index (κ3) is 4.00. The summed E-state index contributed by atoms with van der Waals surface area (Å²) >= 11 is 0. The Morgan fingerprint density at radius 2 is 2.26 bits per heavy atom. The van der Waals surface area contributed by atoms with Gasteiger partial charge in [-0.05, 0) is 23.9 Å². The van der Waals surface area contributed by atoms with Crippen molar-refractivity contribution in [2.75, 3.05) is 45.3 Å². The quantitative estimate of drug-likeness (QED) is 0.803. The maximum Gasteiger partial charge on any atom is 0.265 e. The number of nitrogens with zero attached hydrogens (tertiary/aromatic N) is 4. The minimum atomic E-state index is -0.222. The number of nitrogens with one attached hydrogen (secondary N) is 1. The first-order chi connectivity index (χ1) is 11.1. The first-order valence-electron chi connectivity index (χ1n) is 8.23. The Balaban J connectivity index is 1.52. The van der Waals surface area contributed by atoms with Crippen LogP contribution in [0.5, 0.6) is 0 Å². The van der Waals surface area contributed by atoms with Gasteiger partial charge in [0.2, 0.25) is 11.8 Å². The summed E-state index contributed by atoms with van der Waals surface area (Å²) in [5, 5.41) is 6.72. The van der Waals surface area contributed by atoms with E-state index in [4.69, 9.17) is 9.26 Å². The fourth-order valence-corrected chi connectivity index (χ4v) is 2.88. The van der Waals surface area contributed by atoms with Gasteiger partial charge in [0.15, 0.2) is 0 Å². The van der Waals surface area contributed by atoms with Crippen LogP contribution in [0.1, 0.15) is 25.2 Å². The molecule has 1 aliphatic carbocycles. The van der Waals surface area contributed by atoms with Gasteiger partial charge in [0.1, 0.15) is 6.04 Å². The lowest BCUT2D eigenvalue weighted by atomic mass is 9.84. The highest BCUT2D eigenvalue weighted by Crippen LogP contribution is 2.28. The summed E-state index contributed by atoms with van der Waals surface area (Å²) < 4.78 is 10.6. The average Bonchev–Trinajstić information content (AvgIpc) is 2.98. The topological polar surface area (TPSA) is 83.7 Å². The van der Waals surface area contributed by atoms with E-state index in [0.29, 0.717) is 25.1 Å². The van der Waals surface area contributed by atoms with E-state index in [1.54, 1.807) is 4.90 Å². The van der Waals surface area contributed by atoms with Crippen LogP contribution in [0.3, 0.4) is 0 Å². The molecule has 0 aromatic carbocycles. The molecule has 23 heavy (non-hydrogen) atoms. The van der Waals surface area contributed by atoms with Gasteiger partial charge >= 0.3 is 0 Å². The van der Waals surface area contributed by atoms with Gasteiger partial charge in [-0.2, -0.15) is 4.98 Å². The van der Waals surface area contributed by atoms with E-state index in [-0.39, 0.29) is 18.5 Å². The molecule has 8 nitrogen and oxygen atoms in total. The number of aromatic nitrogens is 2. The Labute approximate surface area is 136 Å². The lowest BCUT2D eigenvalue weighted by Gasteiger charge is -2.39. The standard InChI is InChI=1S/C15H25N5O3/c1-19(2)15-17-13(23-18-15)8-16-14(21)12-10-22-7-6-20(12)9-11-4-3-5-11/h11-12H,3-10H2,1-2H3,(H,16,21). The van der Waals surface area contributed by atoms with Gasteiger partial charge in [0, 0.05) is 27.2 Å². The second-order valence-corrected chi connectivity index (χ2v) is 6.48. The lowest BCUT2D eigenvalue weighted by Crippen LogP contribution is -2.55. The zero-order valence-electron chi connectivity index (χ0n) is 13.8. The number of rotatable bonds is 6. The smallest absolute Gasteiger partial charge is 0.265 e. The zero-order chi connectivity index (χ0) is 16.2. The third-order valence-corrected chi connectivity index (χ3v) is 4.53. The second-order valence-electron chi connectivity index (χ2n) is 6.48. The summed E-state index contributed by atoms with van der Waals surface area (Å²) in [5.41, 5.74) is 0. The fourth-order valence-electron chi connectivity index (χ4n) is 2.88. The van der Waals surface area contributed by atoms with Gasteiger partial charge in [-0.1, -0.05) is 6.42 Å². The van der Waals surface area contributed by atoms with Crippen molar-refractivity contribution in [2.45, 2.75) is 31.8 Å². The largest absolute Gasteiger partial charge is 0.378 e. The van der Waals surface area contributed by atoms with E-state index in [2.05, 4.69) is 20.4 Å². The monoisotopic (exact) mass is 323 g/mol. The van der Waals surface area contributed by atoms with Crippen LogP contribution < -0.4 is 10.2 Å². The highest BCUT2D eigenvalue weighted by molar-refractivity contribution is 5.81. The fraction of sp³-hybridized carbons (Fsp3) is 0.800. The molecular formula is C15H25N5O3. The zero-order valence-corrected chi connectivity index (χ0v) is 13.8. The molecule has 0 bridgehead atoms. The van der Waals surface area contributed by atoms with E-state index in [1.807, 2.05) is 14.1 Å². The van der Waals surface area contributed by atoms with Crippen LogP contribution >= 0.6 is 0 Å². The van der Waals surface area contributed by atoms with Crippen molar-refractivity contribution in [3.05, 3.63) is 5.89 Å². The number of carbonyl (C=O) groups excluding carboxylic acids is 1. The third-order valence-electron chi connectivity index (χ3n) is 4.53. The molecule has 1 saturated carbocycles. The summed E-state index contributed by atoms with van der Waals surface area (Å²) in [6, 6.07) is -0.222. The molecule has 1 aromatic rings. The maximum atomic E-state index is 12.5. The molecule has 8 heteroatoms. The van der Waals surface area contributed by atoms with Crippen LogP contribution in [0, 0.1) is 5.92 Å². The molecule has 1 aromatic heterocycles. The molecule has 0 spiro atoms. The van der Waals surface area contributed by atoms with E-state index in [9.17, 15) is 4.79 Å². The average molecular weight is 323 g/mol. The first kappa shape index (κ1) is 16.2. The SMILES string of the molecule is CN(C)c1noc(CNC(=O)C2COCCN2CC2CCC2)n1. The Morgan fingerprint density at radius 3 is 2.91 bits per heavy atom. The maximum absolute atomic E-state index is 12.5. The molecule has 128 valence electrons. The Morgan fingerprint density at radius 1 is 1.43 bits per heavy atom. The number of amides is 1.